The van der Waals surface area contributed by atoms with E-state index in [2.05, 4.69) is 46.6 Å². The number of nitrogens with zero attached hydrogens (tertiary/aromatic N) is 3. The number of pyridine rings is 1. The predicted molar refractivity (Wildman–Crippen MR) is 117 cm³/mol. The van der Waals surface area contributed by atoms with Crippen molar-refractivity contribution in [3.63, 3.8) is 0 Å². The van der Waals surface area contributed by atoms with Gasteiger partial charge in [0.05, 0.1) is 12.2 Å². The van der Waals surface area contributed by atoms with Crippen LogP contribution in [-0.4, -0.2) is 42.5 Å². The van der Waals surface area contributed by atoms with Gasteiger partial charge in [-0.15, -0.1) is 0 Å². The first-order valence-corrected chi connectivity index (χ1v) is 10.4. The lowest BCUT2D eigenvalue weighted by Gasteiger charge is -2.40. The van der Waals surface area contributed by atoms with Crippen molar-refractivity contribution in [2.45, 2.75) is 32.4 Å². The maximum Gasteiger partial charge on any atom is 0.191 e. The van der Waals surface area contributed by atoms with Crippen molar-refractivity contribution in [1.29, 1.82) is 0 Å². The highest BCUT2D eigenvalue weighted by atomic mass is 35.5. The van der Waals surface area contributed by atoms with Gasteiger partial charge in [0.15, 0.2) is 5.96 Å². The average molecular weight is 400 g/mol. The van der Waals surface area contributed by atoms with Gasteiger partial charge in [-0.1, -0.05) is 29.8 Å². The summed E-state index contributed by atoms with van der Waals surface area (Å²) in [5.41, 5.74) is 2.26. The van der Waals surface area contributed by atoms with E-state index in [1.165, 1.54) is 18.4 Å². The molecule has 1 aromatic heterocycles. The van der Waals surface area contributed by atoms with Gasteiger partial charge in [-0.3, -0.25) is 9.88 Å². The van der Waals surface area contributed by atoms with E-state index >= 15 is 0 Å². The maximum atomic E-state index is 6.26. The molecule has 1 saturated heterocycles. The Morgan fingerprint density at radius 1 is 1.25 bits per heavy atom. The number of rotatable bonds is 6. The molecule has 1 fully saturated rings. The van der Waals surface area contributed by atoms with Crippen LogP contribution in [0.2, 0.25) is 5.02 Å². The number of guanidine groups is 1. The second-order valence-corrected chi connectivity index (χ2v) is 7.72. The molecule has 28 heavy (non-hydrogen) atoms. The summed E-state index contributed by atoms with van der Waals surface area (Å²) in [6, 6.07) is 14.5. The minimum atomic E-state index is 0.360. The molecule has 1 aromatic carbocycles. The Hall–Kier alpha value is -2.11. The van der Waals surface area contributed by atoms with Gasteiger partial charge in [-0.2, -0.15) is 0 Å². The summed E-state index contributed by atoms with van der Waals surface area (Å²) in [6.07, 6.45) is 4.20. The van der Waals surface area contributed by atoms with Crippen LogP contribution in [0.5, 0.6) is 0 Å². The van der Waals surface area contributed by atoms with Crippen molar-refractivity contribution in [2.75, 3.05) is 26.7 Å². The first-order valence-electron chi connectivity index (χ1n) is 10.0. The average Bonchev–Trinajstić information content (AvgIpc) is 2.71. The highest BCUT2D eigenvalue weighted by Crippen LogP contribution is 2.35. The monoisotopic (exact) mass is 399 g/mol. The Morgan fingerprint density at radius 3 is 2.89 bits per heavy atom. The van der Waals surface area contributed by atoms with E-state index in [4.69, 9.17) is 16.6 Å². The number of halogens is 1. The van der Waals surface area contributed by atoms with Gasteiger partial charge in [0, 0.05) is 30.4 Å². The molecule has 1 aliphatic rings. The van der Waals surface area contributed by atoms with Crippen LogP contribution in [-0.2, 0) is 6.54 Å². The zero-order valence-corrected chi connectivity index (χ0v) is 17.5. The third kappa shape index (κ3) is 5.69. The molecule has 1 aliphatic heterocycles. The van der Waals surface area contributed by atoms with Gasteiger partial charge < -0.3 is 10.6 Å². The third-order valence-corrected chi connectivity index (χ3v) is 5.43. The van der Waals surface area contributed by atoms with E-state index in [9.17, 15) is 0 Å². The number of hydrogen-bond donors (Lipinski definition) is 2. The van der Waals surface area contributed by atoms with Crippen LogP contribution in [0.4, 0.5) is 0 Å². The molecule has 5 nitrogen and oxygen atoms in total. The third-order valence-electron chi connectivity index (χ3n) is 5.20. The second kappa shape index (κ2) is 10.4. The standard InChI is InChI=1S/C22H30ClN5/c1-3-24-22(27-16-20-11-4-5-12-25-20)26-15-18-9-7-13-28(2)21(18)17-8-6-10-19(23)14-17/h4-6,8,10-12,14,18,21H,3,7,9,13,15-16H2,1-2H3,(H2,24,26,27). The molecule has 2 unspecified atom stereocenters. The summed E-state index contributed by atoms with van der Waals surface area (Å²) in [4.78, 5) is 11.5. The second-order valence-electron chi connectivity index (χ2n) is 7.28. The highest BCUT2D eigenvalue weighted by Gasteiger charge is 2.30. The topological polar surface area (TPSA) is 52.6 Å². The van der Waals surface area contributed by atoms with E-state index in [-0.39, 0.29) is 0 Å². The van der Waals surface area contributed by atoms with Gasteiger partial charge in [0.25, 0.3) is 0 Å². The number of aromatic nitrogens is 1. The number of nitrogens with one attached hydrogen (secondary N) is 2. The van der Waals surface area contributed by atoms with E-state index in [1.807, 2.05) is 30.3 Å². The lowest BCUT2D eigenvalue weighted by molar-refractivity contribution is 0.122. The summed E-state index contributed by atoms with van der Waals surface area (Å²) < 4.78 is 0. The molecule has 0 amide bonds. The molecule has 0 radical (unpaired) electrons. The fourth-order valence-corrected chi connectivity index (χ4v) is 4.11. The number of aliphatic imine (C=N–C) groups is 1. The van der Waals surface area contributed by atoms with Crippen molar-refractivity contribution in [3.05, 3.63) is 64.9 Å². The highest BCUT2D eigenvalue weighted by molar-refractivity contribution is 6.30. The number of likely N-dealkylation sites (tertiary alicyclic amines) is 1. The summed E-state index contributed by atoms with van der Waals surface area (Å²) in [6.45, 7) is 5.47. The maximum absolute atomic E-state index is 6.26. The summed E-state index contributed by atoms with van der Waals surface area (Å²) >= 11 is 6.26. The fraction of sp³-hybridized carbons (Fsp3) is 0.455. The summed E-state index contributed by atoms with van der Waals surface area (Å²) in [5, 5.41) is 7.69. The Kier molecular flexibility index (Phi) is 7.69. The van der Waals surface area contributed by atoms with Gasteiger partial charge in [-0.25, -0.2) is 4.99 Å². The summed E-state index contributed by atoms with van der Waals surface area (Å²) in [7, 11) is 2.21. The fourth-order valence-electron chi connectivity index (χ4n) is 3.91. The van der Waals surface area contributed by atoms with E-state index in [1.54, 1.807) is 6.20 Å². The molecule has 0 spiro atoms. The number of piperidine rings is 1. The van der Waals surface area contributed by atoms with Crippen molar-refractivity contribution in [2.24, 2.45) is 10.9 Å². The van der Waals surface area contributed by atoms with Gasteiger partial charge in [-0.05, 0) is 69.1 Å². The predicted octanol–water partition coefficient (Wildman–Crippen LogP) is 3.87. The van der Waals surface area contributed by atoms with Crippen molar-refractivity contribution < 1.29 is 0 Å². The van der Waals surface area contributed by atoms with E-state index in [0.29, 0.717) is 18.5 Å². The number of benzene rings is 1. The molecule has 0 saturated carbocycles. The zero-order valence-electron chi connectivity index (χ0n) is 16.7. The van der Waals surface area contributed by atoms with Crippen LogP contribution in [0.3, 0.4) is 0 Å². The minimum Gasteiger partial charge on any atom is -0.357 e. The smallest absolute Gasteiger partial charge is 0.191 e. The van der Waals surface area contributed by atoms with Crippen LogP contribution < -0.4 is 10.6 Å². The van der Waals surface area contributed by atoms with Crippen LogP contribution in [0.15, 0.2) is 53.7 Å². The zero-order chi connectivity index (χ0) is 19.8. The quantitative estimate of drug-likeness (QED) is 0.571. The van der Waals surface area contributed by atoms with Crippen molar-refractivity contribution in [3.8, 4) is 0 Å². The van der Waals surface area contributed by atoms with Gasteiger partial charge in [0.1, 0.15) is 0 Å². The first kappa shape index (κ1) is 20.6. The Balaban J connectivity index is 1.68. The number of hydrogen-bond acceptors (Lipinski definition) is 3. The molecule has 3 rings (SSSR count). The SMILES string of the molecule is CCNC(=NCc1ccccn1)NCC1CCCN(C)C1c1cccc(Cl)c1. The minimum absolute atomic E-state index is 0.360. The molecule has 2 heterocycles. The Labute approximate surface area is 173 Å². The van der Waals surface area contributed by atoms with Crippen molar-refractivity contribution in [1.82, 2.24) is 20.5 Å². The molecular formula is C22H30ClN5. The van der Waals surface area contributed by atoms with Crippen molar-refractivity contribution >= 4 is 17.6 Å². The molecule has 0 bridgehead atoms. The Morgan fingerprint density at radius 2 is 2.14 bits per heavy atom. The lowest BCUT2D eigenvalue weighted by atomic mass is 9.85. The van der Waals surface area contributed by atoms with Crippen LogP contribution in [0.1, 0.15) is 37.1 Å². The molecule has 2 aromatic rings. The molecule has 2 atom stereocenters. The first-order chi connectivity index (χ1) is 13.7. The molecule has 0 aliphatic carbocycles. The van der Waals surface area contributed by atoms with Gasteiger partial charge >= 0.3 is 0 Å². The van der Waals surface area contributed by atoms with Crippen LogP contribution >= 0.6 is 11.6 Å². The molecule has 6 heteroatoms. The van der Waals surface area contributed by atoms with E-state index in [0.717, 1.165) is 36.3 Å². The van der Waals surface area contributed by atoms with Crippen LogP contribution in [0, 0.1) is 5.92 Å². The lowest BCUT2D eigenvalue weighted by Crippen LogP contribution is -2.45. The normalized spacial score (nSPS) is 20.8. The van der Waals surface area contributed by atoms with E-state index < -0.39 is 0 Å². The van der Waals surface area contributed by atoms with Crippen LogP contribution in [0.25, 0.3) is 0 Å². The largest absolute Gasteiger partial charge is 0.357 e. The molecule has 2 N–H and O–H groups in total. The summed E-state index contributed by atoms with van der Waals surface area (Å²) in [5.74, 6) is 1.34. The molecule has 150 valence electrons. The van der Waals surface area contributed by atoms with Gasteiger partial charge in [0.2, 0.25) is 0 Å². The Bertz CT molecular complexity index is 765. The molecular weight excluding hydrogens is 370 g/mol.